The van der Waals surface area contributed by atoms with E-state index >= 15 is 0 Å². The molecule has 1 aliphatic heterocycles. The van der Waals surface area contributed by atoms with Gasteiger partial charge in [-0.25, -0.2) is 4.98 Å². The van der Waals surface area contributed by atoms with E-state index in [9.17, 15) is 0 Å². The van der Waals surface area contributed by atoms with Crippen LogP contribution in [0.1, 0.15) is 44.9 Å². The van der Waals surface area contributed by atoms with E-state index in [0.717, 1.165) is 19.0 Å². The maximum Gasteiger partial charge on any atom is 0.108 e. The third-order valence-corrected chi connectivity index (χ3v) is 3.41. The Balaban J connectivity index is 1.81. The number of hydrogen-bond acceptors (Lipinski definition) is 2. The molecule has 1 fully saturated rings. The van der Waals surface area contributed by atoms with Crippen LogP contribution in [0.15, 0.2) is 12.4 Å². The van der Waals surface area contributed by atoms with Crippen LogP contribution in [0.5, 0.6) is 0 Å². The van der Waals surface area contributed by atoms with Crippen molar-refractivity contribution in [1.29, 1.82) is 0 Å². The molecule has 3 heteroatoms. The molecule has 0 aliphatic carbocycles. The Morgan fingerprint density at radius 3 is 3.19 bits per heavy atom. The lowest BCUT2D eigenvalue weighted by molar-refractivity contribution is 0.364. The van der Waals surface area contributed by atoms with Crippen LogP contribution in [0, 0.1) is 0 Å². The first-order valence-corrected chi connectivity index (χ1v) is 6.63. The minimum Gasteiger partial charge on any atom is -0.335 e. The lowest BCUT2D eigenvalue weighted by atomic mass is 10.0. The number of imidazole rings is 1. The molecule has 16 heavy (non-hydrogen) atoms. The second-order valence-electron chi connectivity index (χ2n) is 4.72. The molecule has 0 spiro atoms. The molecular formula is C13H23N3. The summed E-state index contributed by atoms with van der Waals surface area (Å²) in [6, 6.07) is 0.727. The number of aromatic nitrogens is 2. The fourth-order valence-corrected chi connectivity index (χ4v) is 2.46. The van der Waals surface area contributed by atoms with Crippen molar-refractivity contribution >= 4 is 0 Å². The van der Waals surface area contributed by atoms with Gasteiger partial charge < -0.3 is 9.88 Å². The molecule has 1 N–H and O–H groups in total. The molecule has 0 aromatic carbocycles. The zero-order valence-corrected chi connectivity index (χ0v) is 10.3. The second kappa shape index (κ2) is 6.04. The molecular weight excluding hydrogens is 198 g/mol. The van der Waals surface area contributed by atoms with E-state index in [1.54, 1.807) is 0 Å². The molecule has 1 saturated heterocycles. The van der Waals surface area contributed by atoms with Gasteiger partial charge in [0.2, 0.25) is 0 Å². The maximum atomic E-state index is 4.41. The predicted molar refractivity (Wildman–Crippen MR) is 66.5 cm³/mol. The average Bonchev–Trinajstić information content (AvgIpc) is 2.76. The highest BCUT2D eigenvalue weighted by atomic mass is 15.1. The molecule has 1 unspecified atom stereocenters. The number of nitrogens with zero attached hydrogens (tertiary/aromatic N) is 2. The van der Waals surface area contributed by atoms with Crippen LogP contribution in [-0.4, -0.2) is 22.1 Å². The number of aryl methyl sites for hydroxylation is 2. The number of piperidine rings is 1. The van der Waals surface area contributed by atoms with E-state index in [2.05, 4.69) is 28.0 Å². The summed E-state index contributed by atoms with van der Waals surface area (Å²) in [6.45, 7) is 4.53. The molecule has 0 radical (unpaired) electrons. The van der Waals surface area contributed by atoms with Gasteiger partial charge in [-0.15, -0.1) is 0 Å². The van der Waals surface area contributed by atoms with Crippen molar-refractivity contribution in [2.45, 2.75) is 58.0 Å². The Hall–Kier alpha value is -0.830. The summed E-state index contributed by atoms with van der Waals surface area (Å²) in [6.07, 6.45) is 11.7. The van der Waals surface area contributed by atoms with E-state index < -0.39 is 0 Å². The molecule has 1 aromatic heterocycles. The van der Waals surface area contributed by atoms with E-state index in [1.807, 2.05) is 6.20 Å². The third kappa shape index (κ3) is 3.08. The highest BCUT2D eigenvalue weighted by Crippen LogP contribution is 2.12. The molecule has 3 nitrogen and oxygen atoms in total. The van der Waals surface area contributed by atoms with Gasteiger partial charge in [0.25, 0.3) is 0 Å². The number of nitrogens with one attached hydrogen (secondary N) is 1. The van der Waals surface area contributed by atoms with Gasteiger partial charge in [-0.05, 0) is 32.2 Å². The average molecular weight is 221 g/mol. The lowest BCUT2D eigenvalue weighted by Gasteiger charge is -2.23. The van der Waals surface area contributed by atoms with Crippen LogP contribution in [0.25, 0.3) is 0 Å². The topological polar surface area (TPSA) is 29.9 Å². The zero-order chi connectivity index (χ0) is 11.2. The van der Waals surface area contributed by atoms with Gasteiger partial charge in [-0.3, -0.25) is 0 Å². The van der Waals surface area contributed by atoms with Gasteiger partial charge in [0.1, 0.15) is 5.82 Å². The van der Waals surface area contributed by atoms with Crippen molar-refractivity contribution in [2.24, 2.45) is 0 Å². The largest absolute Gasteiger partial charge is 0.335 e. The van der Waals surface area contributed by atoms with Crippen molar-refractivity contribution in [3.05, 3.63) is 18.2 Å². The minimum atomic E-state index is 0.727. The van der Waals surface area contributed by atoms with Gasteiger partial charge in [0.05, 0.1) is 0 Å². The number of hydrogen-bond donors (Lipinski definition) is 1. The molecule has 0 saturated carbocycles. The highest BCUT2D eigenvalue weighted by Gasteiger charge is 2.12. The fourth-order valence-electron chi connectivity index (χ4n) is 2.46. The van der Waals surface area contributed by atoms with E-state index in [-0.39, 0.29) is 0 Å². The SMILES string of the molecule is CCCc1nccn1CCC1CCCCN1. The molecule has 2 heterocycles. The van der Waals surface area contributed by atoms with Crippen LogP contribution in [-0.2, 0) is 13.0 Å². The van der Waals surface area contributed by atoms with Crippen LogP contribution in [0.2, 0.25) is 0 Å². The molecule has 1 atom stereocenters. The van der Waals surface area contributed by atoms with Gasteiger partial charge in [0.15, 0.2) is 0 Å². The van der Waals surface area contributed by atoms with E-state index in [4.69, 9.17) is 0 Å². The summed E-state index contributed by atoms with van der Waals surface area (Å²) in [5, 5.41) is 3.60. The van der Waals surface area contributed by atoms with Crippen molar-refractivity contribution in [3.63, 3.8) is 0 Å². The molecule has 0 amide bonds. The van der Waals surface area contributed by atoms with Gasteiger partial charge in [-0.1, -0.05) is 13.3 Å². The van der Waals surface area contributed by atoms with E-state index in [1.165, 1.54) is 44.5 Å². The van der Waals surface area contributed by atoms with E-state index in [0.29, 0.717) is 0 Å². The summed E-state index contributed by atoms with van der Waals surface area (Å²) in [4.78, 5) is 4.41. The Morgan fingerprint density at radius 1 is 1.50 bits per heavy atom. The van der Waals surface area contributed by atoms with Crippen LogP contribution in [0.4, 0.5) is 0 Å². The van der Waals surface area contributed by atoms with Gasteiger partial charge in [-0.2, -0.15) is 0 Å². The molecule has 0 bridgehead atoms. The smallest absolute Gasteiger partial charge is 0.108 e. The first kappa shape index (κ1) is 11.6. The predicted octanol–water partition coefficient (Wildman–Crippen LogP) is 2.37. The first-order valence-electron chi connectivity index (χ1n) is 6.63. The fraction of sp³-hybridized carbons (Fsp3) is 0.769. The maximum absolute atomic E-state index is 4.41. The Bertz CT molecular complexity index is 300. The van der Waals surface area contributed by atoms with Crippen molar-refractivity contribution < 1.29 is 0 Å². The van der Waals surface area contributed by atoms with Crippen LogP contribution >= 0.6 is 0 Å². The highest BCUT2D eigenvalue weighted by molar-refractivity contribution is 4.92. The summed E-state index contributed by atoms with van der Waals surface area (Å²) in [7, 11) is 0. The van der Waals surface area contributed by atoms with Crippen LogP contribution < -0.4 is 5.32 Å². The quantitative estimate of drug-likeness (QED) is 0.827. The first-order chi connectivity index (χ1) is 7.90. The monoisotopic (exact) mass is 221 g/mol. The summed E-state index contributed by atoms with van der Waals surface area (Å²) >= 11 is 0. The normalized spacial score (nSPS) is 21.2. The zero-order valence-electron chi connectivity index (χ0n) is 10.3. The second-order valence-corrected chi connectivity index (χ2v) is 4.72. The molecule has 1 aromatic rings. The number of rotatable bonds is 5. The van der Waals surface area contributed by atoms with Crippen molar-refractivity contribution in [1.82, 2.24) is 14.9 Å². The summed E-state index contributed by atoms with van der Waals surface area (Å²) in [5.74, 6) is 1.25. The standard InChI is InChI=1S/C13H23N3/c1-2-5-13-15-9-11-16(13)10-7-12-6-3-4-8-14-12/h9,11-12,14H,2-8,10H2,1H3. The van der Waals surface area contributed by atoms with Gasteiger partial charge >= 0.3 is 0 Å². The molecule has 2 rings (SSSR count). The van der Waals surface area contributed by atoms with Crippen molar-refractivity contribution in [3.8, 4) is 0 Å². The Morgan fingerprint density at radius 2 is 2.44 bits per heavy atom. The molecule has 90 valence electrons. The van der Waals surface area contributed by atoms with Crippen molar-refractivity contribution in [2.75, 3.05) is 6.54 Å². The van der Waals surface area contributed by atoms with Gasteiger partial charge in [0, 0.05) is 31.4 Å². The summed E-state index contributed by atoms with van der Waals surface area (Å²) in [5.41, 5.74) is 0. The third-order valence-electron chi connectivity index (χ3n) is 3.41. The Kier molecular flexibility index (Phi) is 4.40. The molecule has 1 aliphatic rings. The van der Waals surface area contributed by atoms with Crippen LogP contribution in [0.3, 0.4) is 0 Å². The Labute approximate surface area is 98.3 Å². The summed E-state index contributed by atoms with van der Waals surface area (Å²) < 4.78 is 2.32. The minimum absolute atomic E-state index is 0.727. The lowest BCUT2D eigenvalue weighted by Crippen LogP contribution is -2.34.